The summed E-state index contributed by atoms with van der Waals surface area (Å²) in [5.41, 5.74) is 5.73. The molecule has 0 aliphatic carbocycles. The molecule has 11 heavy (non-hydrogen) atoms. The van der Waals surface area contributed by atoms with Gasteiger partial charge in [0, 0.05) is 25.2 Å². The van der Waals surface area contributed by atoms with Crippen molar-refractivity contribution >= 4 is 0 Å². The third kappa shape index (κ3) is 2.18. The molecule has 1 fully saturated rings. The van der Waals surface area contributed by atoms with Gasteiger partial charge in [0.25, 0.3) is 0 Å². The molecule has 0 radical (unpaired) electrons. The lowest BCUT2D eigenvalue weighted by molar-refractivity contribution is 0.259. The summed E-state index contributed by atoms with van der Waals surface area (Å²) in [6.07, 6.45) is 1.70. The van der Waals surface area contributed by atoms with Crippen LogP contribution in [0.2, 0.25) is 0 Å². The molecular weight excluding hydrogens is 138 g/mol. The summed E-state index contributed by atoms with van der Waals surface area (Å²) in [7, 11) is 0. The topological polar surface area (TPSA) is 53.0 Å². The molecule has 0 amide bonds. The van der Waals surface area contributed by atoms with E-state index in [9.17, 15) is 0 Å². The lowest BCUT2D eigenvalue weighted by Crippen LogP contribution is -2.33. The average molecular weight is 153 g/mol. The molecule has 0 saturated carbocycles. The molecule has 0 aromatic heterocycles. The summed E-state index contributed by atoms with van der Waals surface area (Å²) in [6, 6.07) is 2.89. The number of rotatable bonds is 2. The largest absolute Gasteiger partial charge is 0.326 e. The maximum atomic E-state index is 8.45. The minimum atomic E-state index is 0.330. The highest BCUT2D eigenvalue weighted by atomic mass is 15.2. The van der Waals surface area contributed by atoms with E-state index in [0.29, 0.717) is 18.5 Å². The van der Waals surface area contributed by atoms with E-state index < -0.39 is 0 Å². The van der Waals surface area contributed by atoms with Gasteiger partial charge in [-0.3, -0.25) is 4.90 Å². The highest BCUT2D eigenvalue weighted by molar-refractivity contribution is 4.86. The van der Waals surface area contributed by atoms with Crippen LogP contribution in [-0.2, 0) is 0 Å². The fourth-order valence-electron chi connectivity index (χ4n) is 1.48. The van der Waals surface area contributed by atoms with E-state index in [1.54, 1.807) is 0 Å². The Morgan fingerprint density at radius 2 is 2.55 bits per heavy atom. The van der Waals surface area contributed by atoms with Crippen molar-refractivity contribution in [2.45, 2.75) is 31.8 Å². The predicted octanol–water partition coefficient (Wildman–Crippen LogP) is 0.322. The molecule has 0 bridgehead atoms. The van der Waals surface area contributed by atoms with Crippen LogP contribution in [0.25, 0.3) is 0 Å². The Kier molecular flexibility index (Phi) is 2.86. The number of hydrogen-bond acceptors (Lipinski definition) is 3. The molecule has 1 saturated heterocycles. The SMILES string of the molecule is CC(CC#N)N1CCC(N)C1. The zero-order valence-electron chi connectivity index (χ0n) is 6.95. The van der Waals surface area contributed by atoms with Crippen LogP contribution in [0.5, 0.6) is 0 Å². The summed E-state index contributed by atoms with van der Waals surface area (Å²) in [4.78, 5) is 2.29. The first-order valence-electron chi connectivity index (χ1n) is 4.10. The predicted molar refractivity (Wildman–Crippen MR) is 43.9 cm³/mol. The average Bonchev–Trinajstić information content (AvgIpc) is 2.36. The molecule has 2 N–H and O–H groups in total. The van der Waals surface area contributed by atoms with Gasteiger partial charge in [-0.25, -0.2) is 0 Å². The lowest BCUT2D eigenvalue weighted by Gasteiger charge is -2.21. The lowest BCUT2D eigenvalue weighted by atomic mass is 10.2. The fraction of sp³-hybridized carbons (Fsp3) is 0.875. The molecule has 0 spiro atoms. The second-order valence-corrected chi connectivity index (χ2v) is 3.25. The molecule has 1 aliphatic heterocycles. The third-order valence-electron chi connectivity index (χ3n) is 2.27. The van der Waals surface area contributed by atoms with Crippen LogP contribution in [0.1, 0.15) is 19.8 Å². The Balaban J connectivity index is 2.32. The quantitative estimate of drug-likeness (QED) is 0.621. The number of nitriles is 1. The first kappa shape index (κ1) is 8.51. The van der Waals surface area contributed by atoms with Gasteiger partial charge in [0.1, 0.15) is 0 Å². The van der Waals surface area contributed by atoms with Crippen molar-refractivity contribution in [2.75, 3.05) is 13.1 Å². The normalized spacial score (nSPS) is 28.3. The second-order valence-electron chi connectivity index (χ2n) is 3.25. The maximum absolute atomic E-state index is 8.45. The van der Waals surface area contributed by atoms with Gasteiger partial charge in [-0.15, -0.1) is 0 Å². The van der Waals surface area contributed by atoms with E-state index in [1.165, 1.54) is 0 Å². The molecule has 62 valence electrons. The van der Waals surface area contributed by atoms with Crippen LogP contribution in [-0.4, -0.2) is 30.1 Å². The van der Waals surface area contributed by atoms with Crippen LogP contribution in [0.15, 0.2) is 0 Å². The molecule has 3 nitrogen and oxygen atoms in total. The Labute approximate surface area is 67.8 Å². The van der Waals surface area contributed by atoms with Gasteiger partial charge in [0.05, 0.1) is 12.5 Å². The Morgan fingerprint density at radius 3 is 3.00 bits per heavy atom. The van der Waals surface area contributed by atoms with E-state index in [4.69, 9.17) is 11.0 Å². The summed E-state index contributed by atoms with van der Waals surface area (Å²) >= 11 is 0. The highest BCUT2D eigenvalue weighted by Crippen LogP contribution is 2.12. The molecule has 1 rings (SSSR count). The van der Waals surface area contributed by atoms with Gasteiger partial charge in [-0.05, 0) is 13.3 Å². The Morgan fingerprint density at radius 1 is 1.82 bits per heavy atom. The van der Waals surface area contributed by atoms with Gasteiger partial charge in [-0.2, -0.15) is 5.26 Å². The van der Waals surface area contributed by atoms with Crippen molar-refractivity contribution in [3.8, 4) is 6.07 Å². The molecule has 1 heterocycles. The van der Waals surface area contributed by atoms with Crippen molar-refractivity contribution in [1.29, 1.82) is 5.26 Å². The van der Waals surface area contributed by atoms with Gasteiger partial charge >= 0.3 is 0 Å². The smallest absolute Gasteiger partial charge is 0.0638 e. The van der Waals surface area contributed by atoms with Gasteiger partial charge in [0.2, 0.25) is 0 Å². The van der Waals surface area contributed by atoms with E-state index in [2.05, 4.69) is 17.9 Å². The van der Waals surface area contributed by atoms with Crippen LogP contribution >= 0.6 is 0 Å². The van der Waals surface area contributed by atoms with Gasteiger partial charge in [-0.1, -0.05) is 0 Å². The maximum Gasteiger partial charge on any atom is 0.0638 e. The zero-order valence-corrected chi connectivity index (χ0v) is 6.95. The molecule has 0 aromatic carbocycles. The van der Waals surface area contributed by atoms with Crippen LogP contribution in [0.4, 0.5) is 0 Å². The second kappa shape index (κ2) is 3.70. The van der Waals surface area contributed by atoms with Crippen molar-refractivity contribution < 1.29 is 0 Å². The summed E-state index contributed by atoms with van der Waals surface area (Å²) in [5.74, 6) is 0. The third-order valence-corrected chi connectivity index (χ3v) is 2.27. The zero-order chi connectivity index (χ0) is 8.27. The van der Waals surface area contributed by atoms with Crippen molar-refractivity contribution in [2.24, 2.45) is 5.73 Å². The van der Waals surface area contributed by atoms with E-state index >= 15 is 0 Å². The monoisotopic (exact) mass is 153 g/mol. The standard InChI is InChI=1S/C8H15N3/c1-7(2-4-9)11-5-3-8(10)6-11/h7-8H,2-3,5-6,10H2,1H3. The van der Waals surface area contributed by atoms with E-state index in [0.717, 1.165) is 19.5 Å². The molecular formula is C8H15N3. The van der Waals surface area contributed by atoms with Crippen LogP contribution in [0.3, 0.4) is 0 Å². The first-order valence-corrected chi connectivity index (χ1v) is 4.10. The highest BCUT2D eigenvalue weighted by Gasteiger charge is 2.22. The van der Waals surface area contributed by atoms with Crippen molar-refractivity contribution in [3.05, 3.63) is 0 Å². The van der Waals surface area contributed by atoms with Crippen LogP contribution in [0, 0.1) is 11.3 Å². The summed E-state index contributed by atoms with van der Waals surface area (Å²) < 4.78 is 0. The number of nitrogens with two attached hydrogens (primary N) is 1. The van der Waals surface area contributed by atoms with E-state index in [-0.39, 0.29) is 0 Å². The fourth-order valence-corrected chi connectivity index (χ4v) is 1.48. The molecule has 0 aromatic rings. The van der Waals surface area contributed by atoms with E-state index in [1.807, 2.05) is 0 Å². The van der Waals surface area contributed by atoms with Gasteiger partial charge < -0.3 is 5.73 Å². The summed E-state index contributed by atoms with van der Waals surface area (Å²) in [6.45, 7) is 4.11. The molecule has 2 unspecified atom stereocenters. The van der Waals surface area contributed by atoms with Crippen LogP contribution < -0.4 is 5.73 Å². The number of likely N-dealkylation sites (tertiary alicyclic amines) is 1. The van der Waals surface area contributed by atoms with Crippen molar-refractivity contribution in [3.63, 3.8) is 0 Å². The minimum Gasteiger partial charge on any atom is -0.326 e. The molecule has 1 aliphatic rings. The Bertz CT molecular complexity index is 161. The Hall–Kier alpha value is -0.590. The molecule has 3 heteroatoms. The minimum absolute atomic E-state index is 0.330. The molecule has 2 atom stereocenters. The first-order chi connectivity index (χ1) is 5.24. The van der Waals surface area contributed by atoms with Gasteiger partial charge in [0.15, 0.2) is 0 Å². The summed E-state index contributed by atoms with van der Waals surface area (Å²) in [5, 5.41) is 8.45. The van der Waals surface area contributed by atoms with Crippen molar-refractivity contribution in [1.82, 2.24) is 4.90 Å². The number of hydrogen-bond donors (Lipinski definition) is 1. The number of nitrogens with zero attached hydrogens (tertiary/aromatic N) is 2.